The molecule has 1 amide bonds. The second-order valence-electron chi connectivity index (χ2n) is 4.88. The summed E-state index contributed by atoms with van der Waals surface area (Å²) >= 11 is 1.88. The van der Waals surface area contributed by atoms with Crippen LogP contribution in [0.5, 0.6) is 0 Å². The van der Waals surface area contributed by atoms with Gasteiger partial charge in [-0.25, -0.2) is 0 Å². The average Bonchev–Trinajstić information content (AvgIpc) is 2.96. The number of carbonyl (C=O) groups is 1. The Hall–Kier alpha value is -1.35. The number of nitrogens with one attached hydrogen (secondary N) is 1. The van der Waals surface area contributed by atoms with E-state index in [9.17, 15) is 18.0 Å². The molecule has 0 aliphatic carbocycles. The first-order chi connectivity index (χ1) is 10.2. The molecule has 1 saturated heterocycles. The summed E-state index contributed by atoms with van der Waals surface area (Å²) in [6.45, 7) is 6.53. The summed E-state index contributed by atoms with van der Waals surface area (Å²) in [5.74, 6) is -1.08. The fourth-order valence-corrected chi connectivity index (χ4v) is 3.74. The van der Waals surface area contributed by atoms with Crippen molar-refractivity contribution in [3.8, 4) is 0 Å². The molecule has 1 aliphatic heterocycles. The highest BCUT2D eigenvalue weighted by Crippen LogP contribution is 2.45. The molecule has 4 nitrogen and oxygen atoms in total. The van der Waals surface area contributed by atoms with Gasteiger partial charge in [0.15, 0.2) is 9.91 Å². The van der Waals surface area contributed by atoms with Gasteiger partial charge in [-0.3, -0.25) is 14.8 Å². The first-order valence-corrected chi connectivity index (χ1v) is 7.97. The molecule has 120 valence electrons. The van der Waals surface area contributed by atoms with Crippen molar-refractivity contribution in [3.63, 3.8) is 0 Å². The van der Waals surface area contributed by atoms with Crippen LogP contribution in [-0.4, -0.2) is 28.7 Å². The Labute approximate surface area is 133 Å². The van der Waals surface area contributed by atoms with Gasteiger partial charge in [0.1, 0.15) is 0 Å². The fourth-order valence-electron chi connectivity index (χ4n) is 1.78. The maximum absolute atomic E-state index is 13.0. The molecule has 1 unspecified atom stereocenters. The van der Waals surface area contributed by atoms with Crippen LogP contribution in [0.1, 0.15) is 29.6 Å². The van der Waals surface area contributed by atoms with Crippen LogP contribution in [0.4, 0.5) is 13.2 Å². The van der Waals surface area contributed by atoms with Gasteiger partial charge in [-0.05, 0) is 32.7 Å². The Morgan fingerprint density at radius 1 is 1.45 bits per heavy atom. The van der Waals surface area contributed by atoms with Gasteiger partial charge in [0.2, 0.25) is 0 Å². The number of alkyl halides is 3. The minimum atomic E-state index is -4.63. The molecule has 0 spiro atoms. The van der Waals surface area contributed by atoms with E-state index in [2.05, 4.69) is 22.0 Å². The summed E-state index contributed by atoms with van der Waals surface area (Å²) < 4.78 is 36.4. The largest absolute Gasteiger partial charge is 0.412 e. The second-order valence-corrected chi connectivity index (χ2v) is 7.49. The van der Waals surface area contributed by atoms with Crippen LogP contribution in [0, 0.1) is 0 Å². The first kappa shape index (κ1) is 17.0. The van der Waals surface area contributed by atoms with Gasteiger partial charge >= 0.3 is 6.18 Å². The number of amides is 1. The number of nitrogens with zero attached hydrogens (tertiary/aromatic N) is 2. The van der Waals surface area contributed by atoms with Gasteiger partial charge in [0.25, 0.3) is 5.91 Å². The predicted molar refractivity (Wildman–Crippen MR) is 83.6 cm³/mol. The van der Waals surface area contributed by atoms with E-state index in [-0.39, 0.29) is 11.2 Å². The van der Waals surface area contributed by atoms with Gasteiger partial charge < -0.3 is 5.32 Å². The van der Waals surface area contributed by atoms with Gasteiger partial charge in [0, 0.05) is 9.75 Å². The molecule has 0 radical (unpaired) electrons. The van der Waals surface area contributed by atoms with E-state index in [1.54, 1.807) is 6.92 Å². The Kier molecular flexibility index (Phi) is 4.67. The van der Waals surface area contributed by atoms with Crippen LogP contribution in [-0.2, 0) is 11.3 Å². The van der Waals surface area contributed by atoms with E-state index in [4.69, 9.17) is 0 Å². The molecule has 2 atom stereocenters. The highest BCUT2D eigenvalue weighted by Gasteiger charge is 2.61. The summed E-state index contributed by atoms with van der Waals surface area (Å²) in [6, 6.07) is 3.39. The van der Waals surface area contributed by atoms with E-state index in [1.165, 1.54) is 11.3 Å². The number of halogens is 3. The molecule has 1 fully saturated rings. The van der Waals surface area contributed by atoms with Gasteiger partial charge in [-0.2, -0.15) is 13.2 Å². The summed E-state index contributed by atoms with van der Waals surface area (Å²) in [4.78, 5) is 21.5. The molecule has 1 aliphatic rings. The molecule has 1 aromatic rings. The molecule has 9 heteroatoms. The molecule has 2 heterocycles. The number of hydrogen-bond donors (Lipinski definition) is 1. The minimum absolute atomic E-state index is 0.00544. The maximum atomic E-state index is 13.0. The summed E-state index contributed by atoms with van der Waals surface area (Å²) in [5.41, 5.74) is 0. The summed E-state index contributed by atoms with van der Waals surface area (Å²) in [5, 5.41) is 2.21. The lowest BCUT2D eigenvalue weighted by Crippen LogP contribution is -2.46. The number of hydrogen-bond acceptors (Lipinski definition) is 5. The molecular weight excluding hydrogens is 335 g/mol. The van der Waals surface area contributed by atoms with E-state index in [0.717, 1.165) is 16.7 Å². The van der Waals surface area contributed by atoms with Crippen LogP contribution in [0.3, 0.4) is 0 Å². The lowest BCUT2D eigenvalue weighted by Gasteiger charge is -2.21. The van der Waals surface area contributed by atoms with Gasteiger partial charge in [-0.1, -0.05) is 11.8 Å². The Balaban J connectivity index is 2.16. The number of thiophene rings is 1. The lowest BCUT2D eigenvalue weighted by atomic mass is 10.1. The van der Waals surface area contributed by atoms with Crippen molar-refractivity contribution in [2.45, 2.75) is 37.4 Å². The van der Waals surface area contributed by atoms with E-state index in [0.29, 0.717) is 18.3 Å². The zero-order valence-corrected chi connectivity index (χ0v) is 13.5. The van der Waals surface area contributed by atoms with Crippen LogP contribution in [0.15, 0.2) is 22.1 Å². The smallest absolute Gasteiger partial charge is 0.304 e. The number of rotatable bonds is 4. The van der Waals surface area contributed by atoms with Crippen LogP contribution in [0.2, 0.25) is 0 Å². The highest BCUT2D eigenvalue weighted by molar-refractivity contribution is 8.16. The number of aliphatic imine (C=N–C) groups is 2. The zero-order chi connectivity index (χ0) is 16.5. The van der Waals surface area contributed by atoms with Gasteiger partial charge in [-0.15, -0.1) is 11.3 Å². The predicted octanol–water partition coefficient (Wildman–Crippen LogP) is 3.55. The Morgan fingerprint density at radius 2 is 2.14 bits per heavy atom. The third-order valence-electron chi connectivity index (χ3n) is 3.17. The molecule has 0 saturated carbocycles. The van der Waals surface area contributed by atoms with Crippen LogP contribution >= 0.6 is 23.1 Å². The second kappa shape index (κ2) is 6.04. The van der Waals surface area contributed by atoms with Crippen LogP contribution in [0.25, 0.3) is 0 Å². The fraction of sp³-hybridized carbons (Fsp3) is 0.462. The van der Waals surface area contributed by atoms with Crippen molar-refractivity contribution in [2.24, 2.45) is 9.98 Å². The Morgan fingerprint density at radius 3 is 2.68 bits per heavy atom. The average molecular weight is 349 g/mol. The first-order valence-electron chi connectivity index (χ1n) is 6.33. The monoisotopic (exact) mass is 349 g/mol. The van der Waals surface area contributed by atoms with Crippen molar-refractivity contribution >= 4 is 40.9 Å². The normalized spacial score (nSPS) is 25.3. The molecule has 1 aromatic heterocycles. The van der Waals surface area contributed by atoms with Crippen LogP contribution < -0.4 is 5.32 Å². The number of thioether (sulfide) groups is 1. The zero-order valence-electron chi connectivity index (χ0n) is 11.9. The topological polar surface area (TPSA) is 53.8 Å². The molecule has 2 rings (SSSR count). The van der Waals surface area contributed by atoms with Crippen molar-refractivity contribution in [1.29, 1.82) is 0 Å². The van der Waals surface area contributed by atoms with E-state index in [1.807, 2.05) is 12.1 Å². The minimum Gasteiger partial charge on any atom is -0.304 e. The van der Waals surface area contributed by atoms with Crippen molar-refractivity contribution < 1.29 is 18.0 Å². The third-order valence-corrected chi connectivity index (χ3v) is 5.63. The van der Waals surface area contributed by atoms with E-state index >= 15 is 0 Å². The Bertz CT molecular complexity index is 626. The lowest BCUT2D eigenvalue weighted by molar-refractivity contribution is -0.166. The van der Waals surface area contributed by atoms with E-state index < -0.39 is 16.8 Å². The third kappa shape index (κ3) is 3.19. The number of amidine groups is 1. The van der Waals surface area contributed by atoms with Crippen molar-refractivity contribution in [2.75, 3.05) is 0 Å². The summed E-state index contributed by atoms with van der Waals surface area (Å²) in [7, 11) is 0. The van der Waals surface area contributed by atoms with Crippen molar-refractivity contribution in [1.82, 2.24) is 5.32 Å². The standard InChI is InChI=1S/C13H14F3N3OS2/c1-7(9-5-4-8(21-9)6-17-3)18-11-19-10(20)12(2,22-11)13(14,15)16/h4-5,7H,3,6H2,1-2H3,(H,18,19,20)/t7-,12?/m0/s1. The molecular formula is C13H14F3N3OS2. The molecule has 0 aromatic carbocycles. The molecule has 1 N–H and O–H groups in total. The SMILES string of the molecule is C=NCc1ccc([C@H](C)N=C2NC(=O)C(C)(C(F)(F)F)S2)s1. The molecule has 0 bridgehead atoms. The molecule has 22 heavy (non-hydrogen) atoms. The highest BCUT2D eigenvalue weighted by atomic mass is 32.2. The summed E-state index contributed by atoms with van der Waals surface area (Å²) in [6.07, 6.45) is -4.63. The quantitative estimate of drug-likeness (QED) is 0.845. The maximum Gasteiger partial charge on any atom is 0.412 e. The van der Waals surface area contributed by atoms with Crippen molar-refractivity contribution in [3.05, 3.63) is 21.9 Å². The number of carbonyl (C=O) groups excluding carboxylic acids is 1. The van der Waals surface area contributed by atoms with Gasteiger partial charge in [0.05, 0.1) is 12.6 Å².